The van der Waals surface area contributed by atoms with Crippen LogP contribution in [0.15, 0.2) is 54.9 Å². The topological polar surface area (TPSA) is 141 Å². The maximum Gasteiger partial charge on any atom is 0.416 e. The molecule has 0 spiro atoms. The Morgan fingerprint density at radius 1 is 1.11 bits per heavy atom. The highest BCUT2D eigenvalue weighted by atomic mass is 35.5. The molecule has 0 saturated heterocycles. The number of fused-ring (bicyclic) bond motifs is 1. The standard InChI is InChI=1S/C22H16ClF3N10O/c1-11-29-15(10-16(27)30-11)19-20(33-18-3-2-7-28-36(18)19)32-17-6-8-35(34-17)21(37)31-14-9-12(22(24,25)26)4-5-13(14)23/h2-10H,1H3,(H,31,37)(H,32,34)(H2,27,29,30). The number of anilines is 4. The molecule has 1 amide bonds. The number of hydrogen-bond acceptors (Lipinski definition) is 8. The summed E-state index contributed by atoms with van der Waals surface area (Å²) in [4.78, 5) is 25.7. The van der Waals surface area contributed by atoms with Crippen molar-refractivity contribution in [2.45, 2.75) is 13.1 Å². The number of alkyl halides is 3. The van der Waals surface area contributed by atoms with E-state index in [2.05, 4.69) is 35.8 Å². The number of imidazole rings is 1. The molecule has 0 aliphatic rings. The first-order valence-corrected chi connectivity index (χ1v) is 10.9. The molecule has 37 heavy (non-hydrogen) atoms. The Hall–Kier alpha value is -4.72. The minimum absolute atomic E-state index is 0.0619. The van der Waals surface area contributed by atoms with Crippen molar-refractivity contribution in [1.29, 1.82) is 0 Å². The van der Waals surface area contributed by atoms with Crippen molar-refractivity contribution in [2.24, 2.45) is 0 Å². The summed E-state index contributed by atoms with van der Waals surface area (Å²) in [6, 6.07) is 8.30. The zero-order valence-electron chi connectivity index (χ0n) is 18.8. The highest BCUT2D eigenvalue weighted by molar-refractivity contribution is 6.33. The van der Waals surface area contributed by atoms with Crippen molar-refractivity contribution in [3.63, 3.8) is 0 Å². The van der Waals surface area contributed by atoms with Gasteiger partial charge in [-0.15, -0.1) is 5.10 Å². The largest absolute Gasteiger partial charge is 0.416 e. The van der Waals surface area contributed by atoms with E-state index in [9.17, 15) is 18.0 Å². The molecule has 0 aliphatic carbocycles. The number of benzene rings is 1. The van der Waals surface area contributed by atoms with Crippen LogP contribution in [0.4, 0.5) is 41.1 Å². The SMILES string of the molecule is Cc1nc(N)cc(-c2c(Nc3ccn(C(=O)Nc4cc(C(F)(F)F)ccc4Cl)n3)nc3cccnn23)n1. The van der Waals surface area contributed by atoms with Crippen LogP contribution in [0.5, 0.6) is 0 Å². The fourth-order valence-electron chi connectivity index (χ4n) is 3.51. The summed E-state index contributed by atoms with van der Waals surface area (Å²) in [5.74, 6) is 1.24. The van der Waals surface area contributed by atoms with Crippen LogP contribution in [0.3, 0.4) is 0 Å². The molecular weight excluding hydrogens is 513 g/mol. The Bertz CT molecular complexity index is 1630. The fraction of sp³-hybridized carbons (Fsp3) is 0.0909. The summed E-state index contributed by atoms with van der Waals surface area (Å²) in [5.41, 5.74) is 6.17. The van der Waals surface area contributed by atoms with E-state index in [-0.39, 0.29) is 22.3 Å². The van der Waals surface area contributed by atoms with Gasteiger partial charge in [-0.25, -0.2) is 24.3 Å². The summed E-state index contributed by atoms with van der Waals surface area (Å²) in [6.45, 7) is 1.69. The molecule has 5 rings (SSSR count). The monoisotopic (exact) mass is 528 g/mol. The van der Waals surface area contributed by atoms with E-state index in [1.165, 1.54) is 12.3 Å². The first-order chi connectivity index (χ1) is 17.6. The Labute approximate surface area is 211 Å². The zero-order valence-corrected chi connectivity index (χ0v) is 19.6. The average molecular weight is 529 g/mol. The molecule has 0 radical (unpaired) electrons. The smallest absolute Gasteiger partial charge is 0.384 e. The molecule has 0 saturated carbocycles. The number of amides is 1. The van der Waals surface area contributed by atoms with E-state index in [1.54, 1.807) is 35.8 Å². The van der Waals surface area contributed by atoms with Gasteiger partial charge in [0.1, 0.15) is 17.3 Å². The molecule has 0 aliphatic heterocycles. The summed E-state index contributed by atoms with van der Waals surface area (Å²) in [7, 11) is 0. The van der Waals surface area contributed by atoms with Gasteiger partial charge in [-0.1, -0.05) is 11.6 Å². The van der Waals surface area contributed by atoms with Gasteiger partial charge >= 0.3 is 12.2 Å². The van der Waals surface area contributed by atoms with Gasteiger partial charge in [0.05, 0.1) is 22.0 Å². The number of nitrogen functional groups attached to an aromatic ring is 1. The first kappa shape index (κ1) is 24.0. The summed E-state index contributed by atoms with van der Waals surface area (Å²) in [6.07, 6.45) is -1.70. The van der Waals surface area contributed by atoms with Gasteiger partial charge in [-0.05, 0) is 37.3 Å². The molecular formula is C22H16ClF3N10O. The number of nitrogens with one attached hydrogen (secondary N) is 2. The molecule has 188 valence electrons. The highest BCUT2D eigenvalue weighted by Gasteiger charge is 2.31. The van der Waals surface area contributed by atoms with Crippen molar-refractivity contribution in [1.82, 2.24) is 34.3 Å². The van der Waals surface area contributed by atoms with E-state index in [4.69, 9.17) is 17.3 Å². The van der Waals surface area contributed by atoms with E-state index < -0.39 is 17.8 Å². The van der Waals surface area contributed by atoms with Crippen molar-refractivity contribution in [3.05, 3.63) is 71.3 Å². The van der Waals surface area contributed by atoms with Crippen LogP contribution in [-0.4, -0.2) is 40.4 Å². The molecule has 0 unspecified atom stereocenters. The Morgan fingerprint density at radius 2 is 1.92 bits per heavy atom. The number of aryl methyl sites for hydroxylation is 1. The molecule has 4 aromatic heterocycles. The molecule has 15 heteroatoms. The van der Waals surface area contributed by atoms with Gasteiger partial charge in [0.15, 0.2) is 17.3 Å². The van der Waals surface area contributed by atoms with Gasteiger partial charge in [0.25, 0.3) is 0 Å². The van der Waals surface area contributed by atoms with Gasteiger partial charge in [0.2, 0.25) is 0 Å². The lowest BCUT2D eigenvalue weighted by atomic mass is 10.2. The van der Waals surface area contributed by atoms with Gasteiger partial charge < -0.3 is 16.4 Å². The van der Waals surface area contributed by atoms with Gasteiger partial charge in [-0.2, -0.15) is 23.0 Å². The van der Waals surface area contributed by atoms with Crippen LogP contribution in [0, 0.1) is 6.92 Å². The number of carbonyl (C=O) groups is 1. The molecule has 0 atom stereocenters. The van der Waals surface area contributed by atoms with Crippen LogP contribution in [0.2, 0.25) is 5.02 Å². The lowest BCUT2D eigenvalue weighted by Crippen LogP contribution is -2.20. The fourth-order valence-corrected chi connectivity index (χ4v) is 3.68. The number of nitrogens with two attached hydrogens (primary N) is 1. The molecule has 0 fully saturated rings. The quantitative estimate of drug-likeness (QED) is 0.303. The predicted octanol–water partition coefficient (Wildman–Crippen LogP) is 4.77. The van der Waals surface area contributed by atoms with Crippen LogP contribution in [-0.2, 0) is 6.18 Å². The molecule has 11 nitrogen and oxygen atoms in total. The Morgan fingerprint density at radius 3 is 2.68 bits per heavy atom. The van der Waals surface area contributed by atoms with Crippen LogP contribution in [0.1, 0.15) is 11.4 Å². The van der Waals surface area contributed by atoms with E-state index >= 15 is 0 Å². The van der Waals surface area contributed by atoms with Crippen LogP contribution in [0.25, 0.3) is 17.0 Å². The van der Waals surface area contributed by atoms with Gasteiger partial charge in [-0.3, -0.25) is 0 Å². The summed E-state index contributed by atoms with van der Waals surface area (Å²) in [5, 5.41) is 13.8. The van der Waals surface area contributed by atoms with Crippen molar-refractivity contribution in [2.75, 3.05) is 16.4 Å². The highest BCUT2D eigenvalue weighted by Crippen LogP contribution is 2.34. The van der Waals surface area contributed by atoms with E-state index in [0.717, 1.165) is 22.9 Å². The number of carbonyl (C=O) groups excluding carboxylic acids is 1. The van der Waals surface area contributed by atoms with Crippen molar-refractivity contribution in [3.8, 4) is 11.4 Å². The Balaban J connectivity index is 1.44. The second-order valence-corrected chi connectivity index (χ2v) is 8.13. The second-order valence-electron chi connectivity index (χ2n) is 7.72. The summed E-state index contributed by atoms with van der Waals surface area (Å²) < 4.78 is 41.6. The molecule has 1 aromatic carbocycles. The van der Waals surface area contributed by atoms with E-state index in [0.29, 0.717) is 28.7 Å². The number of halogens is 4. The van der Waals surface area contributed by atoms with Crippen LogP contribution >= 0.6 is 11.6 Å². The van der Waals surface area contributed by atoms with Gasteiger partial charge in [0, 0.05) is 24.5 Å². The second kappa shape index (κ2) is 9.05. The van der Waals surface area contributed by atoms with Crippen molar-refractivity contribution < 1.29 is 18.0 Å². The molecule has 4 N–H and O–H groups in total. The normalized spacial score (nSPS) is 11.6. The lowest BCUT2D eigenvalue weighted by Gasteiger charge is -2.11. The zero-order chi connectivity index (χ0) is 26.3. The molecule has 4 heterocycles. The lowest BCUT2D eigenvalue weighted by molar-refractivity contribution is -0.137. The third-order valence-corrected chi connectivity index (χ3v) is 5.40. The number of aromatic nitrogens is 7. The van der Waals surface area contributed by atoms with Crippen molar-refractivity contribution >= 4 is 46.4 Å². The number of hydrogen-bond donors (Lipinski definition) is 3. The maximum absolute atomic E-state index is 13.0. The molecule has 0 bridgehead atoms. The van der Waals surface area contributed by atoms with E-state index in [1.807, 2.05) is 0 Å². The summed E-state index contributed by atoms with van der Waals surface area (Å²) >= 11 is 5.97. The minimum atomic E-state index is -4.60. The Kier molecular flexibility index (Phi) is 5.87. The number of rotatable bonds is 4. The van der Waals surface area contributed by atoms with Crippen LogP contribution < -0.4 is 16.4 Å². The molecule has 5 aromatic rings. The minimum Gasteiger partial charge on any atom is -0.384 e. The predicted molar refractivity (Wildman–Crippen MR) is 130 cm³/mol. The average Bonchev–Trinajstić information content (AvgIpc) is 3.43. The maximum atomic E-state index is 13.0. The number of nitrogens with zero attached hydrogens (tertiary/aromatic N) is 7. The third-order valence-electron chi connectivity index (χ3n) is 5.07. The first-order valence-electron chi connectivity index (χ1n) is 10.5. The third kappa shape index (κ3) is 4.86.